The Hall–Kier alpha value is -1.95. The first-order chi connectivity index (χ1) is 9.19. The highest BCUT2D eigenvalue weighted by Crippen LogP contribution is 2.22. The van der Waals surface area contributed by atoms with Gasteiger partial charge in [-0.05, 0) is 26.8 Å². The van der Waals surface area contributed by atoms with Crippen molar-refractivity contribution in [2.45, 2.75) is 33.3 Å². The largest absolute Gasteiger partial charge is 0.442 e. The van der Waals surface area contributed by atoms with Crippen LogP contribution in [-0.2, 0) is 4.74 Å². The van der Waals surface area contributed by atoms with Crippen LogP contribution in [0.15, 0.2) is 12.3 Å². The van der Waals surface area contributed by atoms with Gasteiger partial charge in [-0.2, -0.15) is 9.78 Å². The molecular formula is C13H14ClN3O3. The number of pyridine rings is 1. The van der Waals surface area contributed by atoms with Crippen LogP contribution in [0.3, 0.4) is 0 Å². The summed E-state index contributed by atoms with van der Waals surface area (Å²) in [4.78, 5) is 27.6. The van der Waals surface area contributed by atoms with Crippen molar-refractivity contribution in [1.29, 1.82) is 0 Å². The van der Waals surface area contributed by atoms with Crippen LogP contribution in [0.1, 0.15) is 38.2 Å². The summed E-state index contributed by atoms with van der Waals surface area (Å²) in [7, 11) is 0. The Morgan fingerprint density at radius 1 is 1.35 bits per heavy atom. The third kappa shape index (κ3) is 2.80. The van der Waals surface area contributed by atoms with Gasteiger partial charge in [0.1, 0.15) is 16.4 Å². The van der Waals surface area contributed by atoms with E-state index in [1.165, 1.54) is 19.2 Å². The number of nitrogens with zero attached hydrogens (tertiary/aromatic N) is 3. The third-order valence-electron chi connectivity index (χ3n) is 2.43. The lowest BCUT2D eigenvalue weighted by Crippen LogP contribution is -2.27. The van der Waals surface area contributed by atoms with Crippen LogP contribution in [0.2, 0.25) is 5.15 Å². The molecule has 6 nitrogen and oxygen atoms in total. The maximum absolute atomic E-state index is 12.1. The van der Waals surface area contributed by atoms with Crippen molar-refractivity contribution >= 4 is 34.4 Å². The average molecular weight is 296 g/mol. The number of Topliss-reactive ketones (excluding diaryl/α,β-unsaturated/α-hetero) is 1. The second-order valence-electron chi connectivity index (χ2n) is 5.32. The van der Waals surface area contributed by atoms with E-state index in [1.807, 2.05) is 0 Å². The number of ketones is 1. The van der Waals surface area contributed by atoms with Crippen molar-refractivity contribution in [2.24, 2.45) is 0 Å². The fourth-order valence-electron chi connectivity index (χ4n) is 1.69. The van der Waals surface area contributed by atoms with Gasteiger partial charge in [0.2, 0.25) is 0 Å². The van der Waals surface area contributed by atoms with Crippen molar-refractivity contribution in [3.63, 3.8) is 0 Å². The molecule has 0 fully saturated rings. The van der Waals surface area contributed by atoms with Crippen molar-refractivity contribution in [3.8, 4) is 0 Å². The summed E-state index contributed by atoms with van der Waals surface area (Å²) in [5.41, 5.74) is -0.116. The normalized spacial score (nSPS) is 11.7. The Morgan fingerprint density at radius 2 is 2.00 bits per heavy atom. The van der Waals surface area contributed by atoms with Crippen molar-refractivity contribution in [2.75, 3.05) is 0 Å². The molecule has 0 aliphatic carbocycles. The average Bonchev–Trinajstić information content (AvgIpc) is 2.65. The first-order valence-electron chi connectivity index (χ1n) is 5.97. The molecule has 2 aromatic rings. The minimum atomic E-state index is -0.667. The number of rotatable bonds is 1. The summed E-state index contributed by atoms with van der Waals surface area (Å²) in [5, 5.41) is 4.71. The molecule has 106 valence electrons. The molecule has 0 saturated heterocycles. The van der Waals surface area contributed by atoms with E-state index in [-0.39, 0.29) is 16.6 Å². The van der Waals surface area contributed by atoms with Crippen molar-refractivity contribution < 1.29 is 14.3 Å². The van der Waals surface area contributed by atoms with Crippen molar-refractivity contribution in [1.82, 2.24) is 14.8 Å². The third-order valence-corrected chi connectivity index (χ3v) is 2.64. The molecule has 0 N–H and O–H groups in total. The fourth-order valence-corrected chi connectivity index (χ4v) is 1.85. The fraction of sp³-hybridized carbons (Fsp3) is 0.385. The lowest BCUT2D eigenvalue weighted by molar-refractivity contribution is 0.0522. The molecule has 2 heterocycles. The summed E-state index contributed by atoms with van der Waals surface area (Å²) in [6, 6.07) is 1.50. The predicted octanol–water partition coefficient (Wildman–Crippen LogP) is 3.07. The van der Waals surface area contributed by atoms with E-state index in [1.54, 1.807) is 20.8 Å². The molecule has 20 heavy (non-hydrogen) atoms. The molecule has 0 spiro atoms. The zero-order chi connectivity index (χ0) is 15.1. The SMILES string of the molecule is CC(=O)c1nn(C(=O)OC(C)(C)C)c2cnc(Cl)cc12. The zero-order valence-electron chi connectivity index (χ0n) is 11.6. The van der Waals surface area contributed by atoms with E-state index >= 15 is 0 Å². The van der Waals surface area contributed by atoms with E-state index in [9.17, 15) is 9.59 Å². The standard InChI is InChI=1S/C13H14ClN3O3/c1-7(18)11-8-5-10(14)15-6-9(8)17(16-11)12(19)20-13(2,3)4/h5-6H,1-4H3. The molecule has 0 aliphatic rings. The van der Waals surface area contributed by atoms with Gasteiger partial charge in [0.15, 0.2) is 5.78 Å². The zero-order valence-corrected chi connectivity index (χ0v) is 12.4. The minimum Gasteiger partial charge on any atom is -0.442 e. The van der Waals surface area contributed by atoms with Gasteiger partial charge in [-0.3, -0.25) is 4.79 Å². The molecule has 2 rings (SSSR count). The van der Waals surface area contributed by atoms with Crippen LogP contribution < -0.4 is 0 Å². The number of hydrogen-bond donors (Lipinski definition) is 0. The lowest BCUT2D eigenvalue weighted by Gasteiger charge is -2.19. The minimum absolute atomic E-state index is 0.162. The number of carbonyl (C=O) groups is 2. The van der Waals surface area contributed by atoms with Gasteiger partial charge >= 0.3 is 6.09 Å². The quantitative estimate of drug-likeness (QED) is 0.597. The number of carbonyl (C=O) groups excluding carboxylic acids is 2. The van der Waals surface area contributed by atoms with E-state index in [0.29, 0.717) is 10.9 Å². The van der Waals surface area contributed by atoms with Gasteiger partial charge in [-0.1, -0.05) is 11.6 Å². The maximum atomic E-state index is 12.1. The second kappa shape index (κ2) is 4.86. The molecule has 0 unspecified atom stereocenters. The van der Waals surface area contributed by atoms with Gasteiger partial charge in [0.05, 0.1) is 11.7 Å². The van der Waals surface area contributed by atoms with Crippen LogP contribution in [0.5, 0.6) is 0 Å². The second-order valence-corrected chi connectivity index (χ2v) is 5.71. The van der Waals surface area contributed by atoms with E-state index in [2.05, 4.69) is 10.1 Å². The first-order valence-corrected chi connectivity index (χ1v) is 6.35. The first kappa shape index (κ1) is 14.5. The van der Waals surface area contributed by atoms with Crippen LogP contribution in [0.25, 0.3) is 10.9 Å². The van der Waals surface area contributed by atoms with Gasteiger partial charge in [-0.25, -0.2) is 9.78 Å². The molecule has 2 aromatic heterocycles. The predicted molar refractivity (Wildman–Crippen MR) is 74.2 cm³/mol. The molecule has 0 aliphatic heterocycles. The van der Waals surface area contributed by atoms with Gasteiger partial charge in [0.25, 0.3) is 0 Å². The van der Waals surface area contributed by atoms with E-state index in [4.69, 9.17) is 16.3 Å². The highest BCUT2D eigenvalue weighted by molar-refractivity contribution is 6.30. The number of halogens is 1. The van der Waals surface area contributed by atoms with Gasteiger partial charge < -0.3 is 4.74 Å². The Morgan fingerprint density at radius 3 is 2.55 bits per heavy atom. The maximum Gasteiger partial charge on any atom is 0.435 e. The number of aromatic nitrogens is 3. The summed E-state index contributed by atoms with van der Waals surface area (Å²) in [6.45, 7) is 6.61. The summed E-state index contributed by atoms with van der Waals surface area (Å²) in [6.07, 6.45) is 0.722. The van der Waals surface area contributed by atoms with Crippen LogP contribution >= 0.6 is 11.6 Å². The smallest absolute Gasteiger partial charge is 0.435 e. The molecule has 0 radical (unpaired) electrons. The molecule has 0 saturated carbocycles. The number of hydrogen-bond acceptors (Lipinski definition) is 5. The van der Waals surface area contributed by atoms with E-state index < -0.39 is 11.7 Å². The summed E-state index contributed by atoms with van der Waals surface area (Å²) in [5.74, 6) is -0.264. The van der Waals surface area contributed by atoms with Crippen LogP contribution in [0.4, 0.5) is 4.79 Å². The Labute approximate surface area is 120 Å². The van der Waals surface area contributed by atoms with Gasteiger partial charge in [0, 0.05) is 12.3 Å². The number of fused-ring (bicyclic) bond motifs is 1. The molecule has 7 heteroatoms. The van der Waals surface area contributed by atoms with Gasteiger partial charge in [-0.15, -0.1) is 0 Å². The summed E-state index contributed by atoms with van der Waals surface area (Å²) >= 11 is 5.82. The molecule has 0 amide bonds. The Kier molecular flexibility index (Phi) is 3.52. The molecular weight excluding hydrogens is 282 g/mol. The topological polar surface area (TPSA) is 74.1 Å². The van der Waals surface area contributed by atoms with Crippen molar-refractivity contribution in [3.05, 3.63) is 23.1 Å². The van der Waals surface area contributed by atoms with Crippen LogP contribution in [-0.4, -0.2) is 32.2 Å². The van der Waals surface area contributed by atoms with Crippen LogP contribution in [0, 0.1) is 0 Å². The lowest BCUT2D eigenvalue weighted by atomic mass is 10.2. The molecule has 0 aromatic carbocycles. The highest BCUT2D eigenvalue weighted by Gasteiger charge is 2.23. The number of ether oxygens (including phenoxy) is 1. The summed E-state index contributed by atoms with van der Waals surface area (Å²) < 4.78 is 6.27. The Bertz CT molecular complexity index is 701. The Balaban J connectivity index is 2.60. The monoisotopic (exact) mass is 295 g/mol. The van der Waals surface area contributed by atoms with E-state index in [0.717, 1.165) is 4.68 Å². The highest BCUT2D eigenvalue weighted by atomic mass is 35.5. The molecule has 0 bridgehead atoms. The molecule has 0 atom stereocenters.